The van der Waals surface area contributed by atoms with Crippen molar-refractivity contribution in [3.8, 4) is 11.8 Å². The fourth-order valence-electron chi connectivity index (χ4n) is 1.75. The molecule has 0 heterocycles. The monoisotopic (exact) mass is 326 g/mol. The van der Waals surface area contributed by atoms with Crippen LogP contribution in [0, 0.1) is 11.8 Å². The molecule has 0 unspecified atom stereocenters. The van der Waals surface area contributed by atoms with Gasteiger partial charge in [0, 0.05) is 12.0 Å². The van der Waals surface area contributed by atoms with Crippen LogP contribution in [0.1, 0.15) is 32.8 Å². The first-order valence-corrected chi connectivity index (χ1v) is 7.79. The molecular weight excluding hydrogens is 304 g/mol. The molecule has 0 N–H and O–H groups in total. The van der Waals surface area contributed by atoms with Gasteiger partial charge in [-0.25, -0.2) is 9.59 Å². The Labute approximate surface area is 143 Å². The van der Waals surface area contributed by atoms with Crippen LogP contribution in [-0.4, -0.2) is 18.0 Å². The molecule has 126 valence electrons. The lowest BCUT2D eigenvalue weighted by atomic mass is 10.2. The predicted octanol–water partition coefficient (Wildman–Crippen LogP) is 3.58. The van der Waals surface area contributed by atoms with Gasteiger partial charge in [0.05, 0.1) is 0 Å². The molecule has 0 fully saturated rings. The minimum atomic E-state index is -0.693. The number of rotatable bonds is 6. The van der Waals surface area contributed by atoms with E-state index in [0.717, 1.165) is 17.6 Å². The molecule has 0 spiro atoms. The largest absolute Gasteiger partial charge is 0.451 e. The number of allylic oxidation sites excluding steroid dienone is 3. The Morgan fingerprint density at radius 1 is 1.21 bits per heavy atom. The van der Waals surface area contributed by atoms with E-state index in [0.29, 0.717) is 0 Å². The van der Waals surface area contributed by atoms with Gasteiger partial charge in [-0.1, -0.05) is 55.0 Å². The Kier molecular flexibility index (Phi) is 8.70. The van der Waals surface area contributed by atoms with Crippen LogP contribution in [0.3, 0.4) is 0 Å². The van der Waals surface area contributed by atoms with E-state index in [4.69, 9.17) is 9.47 Å². The summed E-state index contributed by atoms with van der Waals surface area (Å²) in [5.74, 6) is 3.71. The fourth-order valence-corrected chi connectivity index (χ4v) is 1.75. The average molecular weight is 326 g/mol. The summed E-state index contributed by atoms with van der Waals surface area (Å²) in [6.45, 7) is 5.68. The Bertz CT molecular complexity index is 660. The Morgan fingerprint density at radius 3 is 2.58 bits per heavy atom. The van der Waals surface area contributed by atoms with Crippen molar-refractivity contribution in [1.29, 1.82) is 0 Å². The molecule has 4 nitrogen and oxygen atoms in total. The number of hydrogen-bond donors (Lipinski definition) is 0. The number of hydrogen-bond acceptors (Lipinski definition) is 4. The van der Waals surface area contributed by atoms with E-state index in [2.05, 4.69) is 11.8 Å². The number of benzene rings is 1. The number of ether oxygens (including phenoxy) is 2. The van der Waals surface area contributed by atoms with E-state index in [1.54, 1.807) is 13.0 Å². The molecule has 0 bridgehead atoms. The van der Waals surface area contributed by atoms with E-state index < -0.39 is 18.0 Å². The summed E-state index contributed by atoms with van der Waals surface area (Å²) >= 11 is 0. The maximum Gasteiger partial charge on any atom is 0.384 e. The molecule has 1 aromatic carbocycles. The van der Waals surface area contributed by atoms with Gasteiger partial charge in [0.2, 0.25) is 0 Å². The van der Waals surface area contributed by atoms with Gasteiger partial charge in [-0.15, -0.1) is 0 Å². The average Bonchev–Trinajstić information content (AvgIpc) is 2.57. The van der Waals surface area contributed by atoms with Crippen LogP contribution in [0.25, 0.3) is 0 Å². The van der Waals surface area contributed by atoms with Crippen molar-refractivity contribution in [3.63, 3.8) is 0 Å². The molecule has 0 radical (unpaired) electrons. The molecule has 0 aliphatic carbocycles. The summed E-state index contributed by atoms with van der Waals surface area (Å²) in [6, 6.07) is 9.32. The minimum Gasteiger partial charge on any atom is -0.451 e. The number of carbonyl (C=O) groups is 2. The zero-order valence-electron chi connectivity index (χ0n) is 14.2. The van der Waals surface area contributed by atoms with Gasteiger partial charge in [-0.05, 0) is 31.8 Å². The Balaban J connectivity index is 2.40. The second-order valence-corrected chi connectivity index (χ2v) is 5.10. The van der Waals surface area contributed by atoms with Crippen molar-refractivity contribution in [2.45, 2.75) is 39.9 Å². The molecule has 0 aliphatic heterocycles. The summed E-state index contributed by atoms with van der Waals surface area (Å²) in [6.07, 6.45) is 5.23. The summed E-state index contributed by atoms with van der Waals surface area (Å²) in [5.41, 5.74) is 1.87. The quantitative estimate of drug-likeness (QED) is 0.264. The smallest absolute Gasteiger partial charge is 0.384 e. The summed E-state index contributed by atoms with van der Waals surface area (Å²) in [5, 5.41) is 0. The standard InChI is InChI=1S/C20H22O4/c1-4-8-16(2)11-13-20(22)24-17(3)12-14-19(21)23-15-18-9-6-5-7-10-18/h5-11,13,17H,4,15H2,1-3H3/t17-/m1/s1. The van der Waals surface area contributed by atoms with Crippen LogP contribution in [0.5, 0.6) is 0 Å². The predicted molar refractivity (Wildman–Crippen MR) is 92.8 cm³/mol. The lowest BCUT2D eigenvalue weighted by Gasteiger charge is -2.04. The van der Waals surface area contributed by atoms with Crippen molar-refractivity contribution in [3.05, 3.63) is 59.7 Å². The lowest BCUT2D eigenvalue weighted by Crippen LogP contribution is -2.11. The van der Waals surface area contributed by atoms with Gasteiger partial charge in [0.1, 0.15) is 6.61 Å². The molecule has 0 aromatic heterocycles. The zero-order valence-corrected chi connectivity index (χ0v) is 14.2. The van der Waals surface area contributed by atoms with Gasteiger partial charge in [-0.2, -0.15) is 0 Å². The van der Waals surface area contributed by atoms with Crippen molar-refractivity contribution < 1.29 is 19.1 Å². The van der Waals surface area contributed by atoms with Crippen molar-refractivity contribution in [2.24, 2.45) is 0 Å². The van der Waals surface area contributed by atoms with E-state index in [1.807, 2.05) is 50.3 Å². The highest BCUT2D eigenvalue weighted by Gasteiger charge is 2.04. The lowest BCUT2D eigenvalue weighted by molar-refractivity contribution is -0.140. The van der Waals surface area contributed by atoms with Gasteiger partial charge < -0.3 is 9.47 Å². The summed E-state index contributed by atoms with van der Waals surface area (Å²) in [4.78, 5) is 23.1. The zero-order chi connectivity index (χ0) is 17.8. The highest BCUT2D eigenvalue weighted by atomic mass is 16.5. The molecule has 0 saturated heterocycles. The molecule has 0 saturated carbocycles. The molecule has 1 rings (SSSR count). The molecule has 0 aliphatic rings. The highest BCUT2D eigenvalue weighted by molar-refractivity contribution is 5.88. The third-order valence-electron chi connectivity index (χ3n) is 2.89. The van der Waals surface area contributed by atoms with E-state index in [-0.39, 0.29) is 6.61 Å². The van der Waals surface area contributed by atoms with Crippen molar-refractivity contribution in [2.75, 3.05) is 0 Å². The van der Waals surface area contributed by atoms with E-state index in [1.165, 1.54) is 6.08 Å². The maximum atomic E-state index is 11.6. The molecular formula is C20H22O4. The Morgan fingerprint density at radius 2 is 1.92 bits per heavy atom. The summed E-state index contributed by atoms with van der Waals surface area (Å²) in [7, 11) is 0. The second kappa shape index (κ2) is 10.8. The van der Waals surface area contributed by atoms with Crippen LogP contribution < -0.4 is 0 Å². The van der Waals surface area contributed by atoms with Gasteiger partial charge >= 0.3 is 11.9 Å². The number of esters is 2. The van der Waals surface area contributed by atoms with Gasteiger partial charge in [0.15, 0.2) is 6.10 Å². The minimum absolute atomic E-state index is 0.161. The topological polar surface area (TPSA) is 52.6 Å². The summed E-state index contributed by atoms with van der Waals surface area (Å²) < 4.78 is 10.1. The normalized spacial score (nSPS) is 12.2. The number of carbonyl (C=O) groups excluding carboxylic acids is 2. The molecule has 0 amide bonds. The molecule has 4 heteroatoms. The maximum absolute atomic E-state index is 11.6. The highest BCUT2D eigenvalue weighted by Crippen LogP contribution is 2.01. The first-order valence-electron chi connectivity index (χ1n) is 7.79. The van der Waals surface area contributed by atoms with E-state index >= 15 is 0 Å². The van der Waals surface area contributed by atoms with Gasteiger partial charge in [-0.3, -0.25) is 0 Å². The van der Waals surface area contributed by atoms with Crippen LogP contribution in [-0.2, 0) is 25.7 Å². The molecule has 24 heavy (non-hydrogen) atoms. The van der Waals surface area contributed by atoms with Crippen LogP contribution in [0.4, 0.5) is 0 Å². The first-order chi connectivity index (χ1) is 11.5. The fraction of sp³-hybridized carbons (Fsp3) is 0.300. The van der Waals surface area contributed by atoms with Crippen LogP contribution in [0.2, 0.25) is 0 Å². The van der Waals surface area contributed by atoms with Crippen molar-refractivity contribution >= 4 is 11.9 Å². The van der Waals surface area contributed by atoms with E-state index in [9.17, 15) is 9.59 Å². The Hall–Kier alpha value is -2.80. The first kappa shape index (κ1) is 19.2. The third kappa shape index (κ3) is 8.60. The molecule has 1 atom stereocenters. The second-order valence-electron chi connectivity index (χ2n) is 5.10. The van der Waals surface area contributed by atoms with Crippen LogP contribution >= 0.6 is 0 Å². The molecule has 1 aromatic rings. The van der Waals surface area contributed by atoms with Gasteiger partial charge in [0.25, 0.3) is 0 Å². The SMILES string of the molecule is CCC=C(C)C=CC(=O)O[C@H](C)C#CC(=O)OCc1ccccc1. The third-order valence-corrected chi connectivity index (χ3v) is 2.89. The van der Waals surface area contributed by atoms with Crippen LogP contribution in [0.15, 0.2) is 54.1 Å². The van der Waals surface area contributed by atoms with Crippen molar-refractivity contribution in [1.82, 2.24) is 0 Å².